The Balaban J connectivity index is 0.716. The molecule has 320 valence electrons. The molecule has 1 unspecified atom stereocenters. The van der Waals surface area contributed by atoms with Gasteiger partial charge in [0.25, 0.3) is 0 Å². The standard InChI is InChI=1S/C48H60N4O7S/c1-53-41-22-19-36(42-34-40(50-59-42)37-32-44(54-2)47(56-4)45(33-37)55-3)31-43(41)58-30-14-8-6-12-24-52-27-25-51(26-28-52)23-11-5-7-13-29-57-38-20-17-35(18-21-38)48-49-39-15-9-10-16-46(39)60-48/h9-10,15-22,31-33,42H,5-8,11-14,23-30,34H2,1-4H3. The van der Waals surface area contributed by atoms with Crippen LogP contribution in [0, 0.1) is 0 Å². The molecule has 0 N–H and O–H groups in total. The van der Waals surface area contributed by atoms with Crippen molar-refractivity contribution in [2.24, 2.45) is 5.16 Å². The van der Waals surface area contributed by atoms with Gasteiger partial charge < -0.3 is 43.1 Å². The smallest absolute Gasteiger partial charge is 0.203 e. The van der Waals surface area contributed by atoms with Crippen molar-refractivity contribution in [2.45, 2.75) is 63.9 Å². The minimum Gasteiger partial charge on any atom is -0.494 e. The maximum Gasteiger partial charge on any atom is 0.203 e. The van der Waals surface area contributed by atoms with Gasteiger partial charge in [0, 0.05) is 43.7 Å². The molecular weight excluding hydrogens is 777 g/mol. The minimum absolute atomic E-state index is 0.238. The van der Waals surface area contributed by atoms with Crippen LogP contribution in [0.25, 0.3) is 20.8 Å². The van der Waals surface area contributed by atoms with E-state index in [9.17, 15) is 0 Å². The molecule has 60 heavy (non-hydrogen) atoms. The van der Waals surface area contributed by atoms with Gasteiger partial charge in [0.05, 0.1) is 57.6 Å². The van der Waals surface area contributed by atoms with Crippen LogP contribution in [0.1, 0.15) is 75.0 Å². The highest BCUT2D eigenvalue weighted by Crippen LogP contribution is 2.41. The molecule has 1 fully saturated rings. The summed E-state index contributed by atoms with van der Waals surface area (Å²) in [4.78, 5) is 15.9. The summed E-state index contributed by atoms with van der Waals surface area (Å²) in [7, 11) is 6.47. The van der Waals surface area contributed by atoms with Crippen LogP contribution in [0.2, 0.25) is 0 Å². The summed E-state index contributed by atoms with van der Waals surface area (Å²) in [6.45, 7) is 8.48. The molecular formula is C48H60N4O7S. The maximum absolute atomic E-state index is 6.25. The summed E-state index contributed by atoms with van der Waals surface area (Å²) in [5.41, 5.74) is 4.85. The second kappa shape index (κ2) is 22.0. The van der Waals surface area contributed by atoms with Crippen LogP contribution in [0.15, 0.2) is 84.0 Å². The topological polar surface area (TPSA) is 96.3 Å². The molecule has 4 aromatic carbocycles. The number of fused-ring (bicyclic) bond motifs is 1. The molecule has 3 heterocycles. The summed E-state index contributed by atoms with van der Waals surface area (Å²) in [6.07, 6.45) is 9.74. The Morgan fingerprint density at radius 1 is 0.617 bits per heavy atom. The van der Waals surface area contributed by atoms with E-state index >= 15 is 0 Å². The monoisotopic (exact) mass is 836 g/mol. The summed E-state index contributed by atoms with van der Waals surface area (Å²) in [5, 5.41) is 5.46. The number of ether oxygens (including phenoxy) is 6. The largest absolute Gasteiger partial charge is 0.494 e. The lowest BCUT2D eigenvalue weighted by atomic mass is 9.99. The van der Waals surface area contributed by atoms with Crippen molar-refractivity contribution >= 4 is 27.3 Å². The Bertz CT molecular complexity index is 2080. The molecule has 0 amide bonds. The lowest BCUT2D eigenvalue weighted by molar-refractivity contribution is 0.0854. The van der Waals surface area contributed by atoms with Gasteiger partial charge in [-0.1, -0.05) is 49.0 Å². The first-order chi connectivity index (χ1) is 29.5. The van der Waals surface area contributed by atoms with Gasteiger partial charge in [0.1, 0.15) is 10.8 Å². The van der Waals surface area contributed by atoms with E-state index in [0.29, 0.717) is 36.0 Å². The molecule has 0 aliphatic carbocycles. The molecule has 1 aromatic heterocycles. The average molecular weight is 837 g/mol. The molecule has 2 aliphatic rings. The van der Waals surface area contributed by atoms with E-state index in [1.165, 1.54) is 76.1 Å². The Morgan fingerprint density at radius 3 is 1.88 bits per heavy atom. The number of oxime groups is 1. The van der Waals surface area contributed by atoms with Gasteiger partial charge in [0.15, 0.2) is 29.1 Å². The fraction of sp³-hybridized carbons (Fsp3) is 0.458. The Kier molecular flexibility index (Phi) is 15.8. The summed E-state index contributed by atoms with van der Waals surface area (Å²) >= 11 is 1.73. The number of benzene rings is 4. The summed E-state index contributed by atoms with van der Waals surface area (Å²) < 4.78 is 35.7. The van der Waals surface area contributed by atoms with Crippen molar-refractivity contribution in [3.05, 3.63) is 90.0 Å². The molecule has 1 atom stereocenters. The third-order valence-electron chi connectivity index (χ3n) is 11.4. The average Bonchev–Trinajstić information content (AvgIpc) is 3.97. The number of piperazine rings is 1. The quantitative estimate of drug-likeness (QED) is 0.0592. The van der Waals surface area contributed by atoms with Crippen LogP contribution >= 0.6 is 11.3 Å². The first-order valence-electron chi connectivity index (χ1n) is 21.4. The van der Waals surface area contributed by atoms with Crippen molar-refractivity contribution in [2.75, 3.05) is 80.9 Å². The van der Waals surface area contributed by atoms with E-state index in [0.717, 1.165) is 70.3 Å². The number of methoxy groups -OCH3 is 4. The molecule has 2 aliphatic heterocycles. The maximum atomic E-state index is 6.25. The van der Waals surface area contributed by atoms with Crippen LogP contribution in [0.5, 0.6) is 34.5 Å². The number of aromatic nitrogens is 1. The zero-order chi connectivity index (χ0) is 41.5. The first kappa shape index (κ1) is 43.1. The van der Waals surface area contributed by atoms with Crippen molar-refractivity contribution in [3.8, 4) is 45.1 Å². The molecule has 0 bridgehead atoms. The van der Waals surface area contributed by atoms with Crippen molar-refractivity contribution in [1.29, 1.82) is 0 Å². The Morgan fingerprint density at radius 2 is 1.25 bits per heavy atom. The highest BCUT2D eigenvalue weighted by Gasteiger charge is 2.27. The van der Waals surface area contributed by atoms with Gasteiger partial charge >= 0.3 is 0 Å². The number of thiazole rings is 1. The Labute approximate surface area is 359 Å². The second-order valence-corrected chi connectivity index (χ2v) is 16.4. The first-order valence-corrected chi connectivity index (χ1v) is 22.2. The Hall–Kier alpha value is -5.04. The van der Waals surface area contributed by atoms with E-state index in [2.05, 4.69) is 57.4 Å². The van der Waals surface area contributed by atoms with Gasteiger partial charge in [-0.15, -0.1) is 11.3 Å². The predicted octanol–water partition coefficient (Wildman–Crippen LogP) is 10.1. The molecule has 12 heteroatoms. The van der Waals surface area contributed by atoms with Gasteiger partial charge in [-0.05, 0) is 105 Å². The van der Waals surface area contributed by atoms with Crippen molar-refractivity contribution in [1.82, 2.24) is 14.8 Å². The van der Waals surface area contributed by atoms with Crippen LogP contribution < -0.4 is 28.4 Å². The molecule has 11 nitrogen and oxygen atoms in total. The van der Waals surface area contributed by atoms with E-state index in [1.807, 2.05) is 36.4 Å². The number of hydrogen-bond acceptors (Lipinski definition) is 12. The van der Waals surface area contributed by atoms with E-state index in [1.54, 1.807) is 39.8 Å². The predicted molar refractivity (Wildman–Crippen MR) is 240 cm³/mol. The fourth-order valence-electron chi connectivity index (χ4n) is 7.86. The number of nitrogens with zero attached hydrogens (tertiary/aromatic N) is 4. The number of para-hydroxylation sites is 1. The molecule has 7 rings (SSSR count). The van der Waals surface area contributed by atoms with Crippen LogP contribution in [0.4, 0.5) is 0 Å². The van der Waals surface area contributed by atoms with Crippen molar-refractivity contribution in [3.63, 3.8) is 0 Å². The van der Waals surface area contributed by atoms with E-state index < -0.39 is 0 Å². The number of unbranched alkanes of at least 4 members (excludes halogenated alkanes) is 6. The van der Waals surface area contributed by atoms with Crippen molar-refractivity contribution < 1.29 is 33.3 Å². The molecule has 0 spiro atoms. The lowest BCUT2D eigenvalue weighted by Gasteiger charge is -2.34. The van der Waals surface area contributed by atoms with Gasteiger partial charge in [-0.25, -0.2) is 4.98 Å². The third kappa shape index (κ3) is 11.4. The molecule has 5 aromatic rings. The lowest BCUT2D eigenvalue weighted by Crippen LogP contribution is -2.46. The van der Waals surface area contributed by atoms with Crippen LogP contribution in [-0.2, 0) is 4.84 Å². The zero-order valence-corrected chi connectivity index (χ0v) is 36.5. The summed E-state index contributed by atoms with van der Waals surface area (Å²) in [5.74, 6) is 4.07. The zero-order valence-electron chi connectivity index (χ0n) is 35.7. The van der Waals surface area contributed by atoms with Crippen LogP contribution in [-0.4, -0.2) is 101 Å². The molecule has 1 saturated heterocycles. The highest BCUT2D eigenvalue weighted by molar-refractivity contribution is 7.21. The van der Waals surface area contributed by atoms with E-state index in [-0.39, 0.29) is 6.10 Å². The van der Waals surface area contributed by atoms with E-state index in [4.69, 9.17) is 38.2 Å². The second-order valence-electron chi connectivity index (χ2n) is 15.4. The highest BCUT2D eigenvalue weighted by atomic mass is 32.1. The number of rotatable bonds is 23. The van der Waals surface area contributed by atoms with Gasteiger partial charge in [0.2, 0.25) is 5.75 Å². The molecule has 0 saturated carbocycles. The van der Waals surface area contributed by atoms with Gasteiger partial charge in [-0.2, -0.15) is 0 Å². The minimum atomic E-state index is -0.238. The summed E-state index contributed by atoms with van der Waals surface area (Å²) in [6, 6.07) is 26.4. The third-order valence-corrected chi connectivity index (χ3v) is 12.4. The molecule has 0 radical (unpaired) electrons. The SMILES string of the molecule is COc1ccc(C2CC(c3cc(OC)c(OC)c(OC)c3)=NO2)cc1OCCCCCCN1CCN(CCCCCCOc2ccc(-c3nc4ccccc4s3)cc2)CC1. The normalized spacial score (nSPS) is 15.7. The van der Waals surface area contributed by atoms with Gasteiger partial charge in [-0.3, -0.25) is 0 Å². The fourth-order valence-corrected chi connectivity index (χ4v) is 8.83. The number of hydrogen-bond donors (Lipinski definition) is 0. The van der Waals surface area contributed by atoms with Crippen LogP contribution in [0.3, 0.4) is 0 Å².